The molecule has 1 N–H and O–H groups in total. The van der Waals surface area contributed by atoms with Gasteiger partial charge in [0.1, 0.15) is 17.3 Å². The minimum atomic E-state index is -1.11. The van der Waals surface area contributed by atoms with E-state index in [2.05, 4.69) is 0 Å². The molecule has 0 heterocycles. The van der Waals surface area contributed by atoms with E-state index in [9.17, 15) is 19.2 Å². The zero-order valence-electron chi connectivity index (χ0n) is 10.1. The molecule has 17 heavy (non-hydrogen) atoms. The molecule has 5 nitrogen and oxygen atoms in total. The lowest BCUT2D eigenvalue weighted by Crippen LogP contribution is -2.33. The molecule has 1 aliphatic carbocycles. The van der Waals surface area contributed by atoms with Gasteiger partial charge in [-0.2, -0.15) is 0 Å². The first-order chi connectivity index (χ1) is 7.77. The van der Waals surface area contributed by atoms with Crippen LogP contribution < -0.4 is 0 Å². The van der Waals surface area contributed by atoms with Crippen LogP contribution in [0, 0.1) is 23.7 Å². The van der Waals surface area contributed by atoms with Crippen molar-refractivity contribution < 1.29 is 24.3 Å². The first-order valence-electron chi connectivity index (χ1n) is 5.51. The Balaban J connectivity index is 3.17. The fourth-order valence-corrected chi connectivity index (χ4v) is 2.81. The molecular formula is C12H16O5. The van der Waals surface area contributed by atoms with Crippen LogP contribution in [0.25, 0.3) is 0 Å². The summed E-state index contributed by atoms with van der Waals surface area (Å²) in [5.74, 6) is -5.14. The molecule has 0 bridgehead atoms. The number of ketones is 3. The molecule has 4 unspecified atom stereocenters. The predicted octanol–water partition coefficient (Wildman–Crippen LogP) is 0.706. The zero-order chi connectivity index (χ0) is 13.3. The van der Waals surface area contributed by atoms with Crippen molar-refractivity contribution in [3.8, 4) is 0 Å². The fourth-order valence-electron chi connectivity index (χ4n) is 2.81. The number of Topliss-reactive ketones (excluding diaryl/α,β-unsaturated/α-hetero) is 3. The van der Waals surface area contributed by atoms with Gasteiger partial charge in [-0.1, -0.05) is 0 Å². The van der Waals surface area contributed by atoms with Gasteiger partial charge in [-0.3, -0.25) is 19.2 Å². The Hall–Kier alpha value is -1.52. The number of carboxylic acids is 1. The van der Waals surface area contributed by atoms with Crippen molar-refractivity contribution >= 4 is 23.3 Å². The summed E-state index contributed by atoms with van der Waals surface area (Å²) in [4.78, 5) is 45.6. The lowest BCUT2D eigenvalue weighted by atomic mass is 9.81. The molecule has 1 aliphatic rings. The lowest BCUT2D eigenvalue weighted by molar-refractivity contribution is -0.146. The van der Waals surface area contributed by atoms with Gasteiger partial charge in [-0.25, -0.2) is 0 Å². The van der Waals surface area contributed by atoms with E-state index in [1.165, 1.54) is 20.8 Å². The van der Waals surface area contributed by atoms with Crippen molar-refractivity contribution in [1.82, 2.24) is 0 Å². The summed E-state index contributed by atoms with van der Waals surface area (Å²) in [6, 6.07) is 0. The first-order valence-corrected chi connectivity index (χ1v) is 5.51. The van der Waals surface area contributed by atoms with Crippen molar-refractivity contribution in [1.29, 1.82) is 0 Å². The Labute approximate surface area is 99.2 Å². The van der Waals surface area contributed by atoms with Crippen molar-refractivity contribution in [2.24, 2.45) is 23.7 Å². The van der Waals surface area contributed by atoms with Crippen molar-refractivity contribution in [2.45, 2.75) is 27.2 Å². The third-order valence-corrected chi connectivity index (χ3v) is 3.54. The fraction of sp³-hybridized carbons (Fsp3) is 0.667. The maximum atomic E-state index is 11.5. The second-order valence-electron chi connectivity index (χ2n) is 4.67. The highest BCUT2D eigenvalue weighted by molar-refractivity contribution is 5.96. The molecule has 0 amide bonds. The van der Waals surface area contributed by atoms with Crippen LogP contribution in [0.4, 0.5) is 0 Å². The molecule has 0 aromatic heterocycles. The molecule has 4 atom stereocenters. The third-order valence-electron chi connectivity index (χ3n) is 3.54. The van der Waals surface area contributed by atoms with Gasteiger partial charge in [0.15, 0.2) is 0 Å². The summed E-state index contributed by atoms with van der Waals surface area (Å²) in [5, 5.41) is 9.06. The van der Waals surface area contributed by atoms with Gasteiger partial charge < -0.3 is 5.11 Å². The molecule has 0 aromatic carbocycles. The number of hydrogen-bond donors (Lipinski definition) is 1. The van der Waals surface area contributed by atoms with Gasteiger partial charge in [-0.05, 0) is 27.2 Å². The summed E-state index contributed by atoms with van der Waals surface area (Å²) in [6.07, 6.45) is 0.0825. The zero-order valence-corrected chi connectivity index (χ0v) is 10.1. The van der Waals surface area contributed by atoms with Crippen LogP contribution in [0.15, 0.2) is 0 Å². The van der Waals surface area contributed by atoms with E-state index < -0.39 is 29.6 Å². The Bertz CT molecular complexity index is 348. The highest BCUT2D eigenvalue weighted by Crippen LogP contribution is 2.43. The van der Waals surface area contributed by atoms with Crippen LogP contribution in [-0.2, 0) is 19.2 Å². The largest absolute Gasteiger partial charge is 0.481 e. The Kier molecular flexibility index (Phi) is 3.80. The Morgan fingerprint density at radius 2 is 1.24 bits per heavy atom. The van der Waals surface area contributed by atoms with Gasteiger partial charge in [0.25, 0.3) is 0 Å². The molecule has 94 valence electrons. The summed E-state index contributed by atoms with van der Waals surface area (Å²) in [7, 11) is 0. The smallest absolute Gasteiger partial charge is 0.307 e. The molecule has 0 aliphatic heterocycles. The van der Waals surface area contributed by atoms with Gasteiger partial charge in [-0.15, -0.1) is 0 Å². The number of aliphatic carboxylic acids is 1. The monoisotopic (exact) mass is 240 g/mol. The Morgan fingerprint density at radius 1 is 0.824 bits per heavy atom. The maximum Gasteiger partial charge on any atom is 0.307 e. The number of carbonyl (C=O) groups excluding carboxylic acids is 3. The minimum Gasteiger partial charge on any atom is -0.481 e. The molecule has 1 saturated carbocycles. The molecule has 5 heteroatoms. The topological polar surface area (TPSA) is 88.5 Å². The lowest BCUT2D eigenvalue weighted by Gasteiger charge is -2.19. The van der Waals surface area contributed by atoms with E-state index in [0.29, 0.717) is 0 Å². The van der Waals surface area contributed by atoms with Gasteiger partial charge in [0.2, 0.25) is 0 Å². The summed E-state index contributed by atoms with van der Waals surface area (Å²) in [6.45, 7) is 3.92. The normalized spacial score (nSPS) is 32.2. The molecule has 0 aromatic rings. The number of carboxylic acid groups (broad SMARTS) is 1. The van der Waals surface area contributed by atoms with Crippen molar-refractivity contribution in [3.63, 3.8) is 0 Å². The van der Waals surface area contributed by atoms with E-state index in [0.717, 1.165) is 0 Å². The first kappa shape index (κ1) is 13.5. The Morgan fingerprint density at radius 3 is 1.53 bits per heavy atom. The van der Waals surface area contributed by atoms with Crippen LogP contribution in [-0.4, -0.2) is 28.4 Å². The average molecular weight is 240 g/mol. The average Bonchev–Trinajstić information content (AvgIpc) is 2.56. The van der Waals surface area contributed by atoms with E-state index in [-0.39, 0.29) is 23.8 Å². The van der Waals surface area contributed by atoms with Crippen LogP contribution in [0.3, 0.4) is 0 Å². The van der Waals surface area contributed by atoms with Gasteiger partial charge in [0.05, 0.1) is 5.92 Å². The van der Waals surface area contributed by atoms with Gasteiger partial charge in [0, 0.05) is 17.8 Å². The van der Waals surface area contributed by atoms with Crippen LogP contribution in [0.5, 0.6) is 0 Å². The standard InChI is InChI=1S/C12H16O5/c1-5(13)8-4-9(12(16)17)11(7(3)15)10(8)6(2)14/h8-11H,4H2,1-3H3,(H,16,17). The number of carbonyl (C=O) groups is 4. The SMILES string of the molecule is CC(=O)C1CC(C(=O)O)C(C(C)=O)C1C(C)=O. The summed E-state index contributed by atoms with van der Waals surface area (Å²) in [5.41, 5.74) is 0. The van der Waals surface area contributed by atoms with E-state index in [4.69, 9.17) is 5.11 Å². The predicted molar refractivity (Wildman–Crippen MR) is 58.3 cm³/mol. The molecule has 0 saturated heterocycles. The maximum absolute atomic E-state index is 11.5. The summed E-state index contributed by atoms with van der Waals surface area (Å²) < 4.78 is 0. The van der Waals surface area contributed by atoms with Crippen molar-refractivity contribution in [2.75, 3.05) is 0 Å². The molecule has 0 spiro atoms. The third kappa shape index (κ3) is 2.43. The molecule has 0 radical (unpaired) electrons. The summed E-state index contributed by atoms with van der Waals surface area (Å²) >= 11 is 0. The van der Waals surface area contributed by atoms with Crippen LogP contribution >= 0.6 is 0 Å². The number of hydrogen-bond acceptors (Lipinski definition) is 4. The molecular weight excluding hydrogens is 224 g/mol. The minimum absolute atomic E-state index is 0.0825. The van der Waals surface area contributed by atoms with E-state index in [1.54, 1.807) is 0 Å². The van der Waals surface area contributed by atoms with Crippen LogP contribution in [0.2, 0.25) is 0 Å². The van der Waals surface area contributed by atoms with E-state index >= 15 is 0 Å². The van der Waals surface area contributed by atoms with Crippen molar-refractivity contribution in [3.05, 3.63) is 0 Å². The second-order valence-corrected chi connectivity index (χ2v) is 4.67. The highest BCUT2D eigenvalue weighted by atomic mass is 16.4. The quantitative estimate of drug-likeness (QED) is 0.781. The molecule has 1 fully saturated rings. The van der Waals surface area contributed by atoms with E-state index in [1.807, 2.05) is 0 Å². The second kappa shape index (κ2) is 4.77. The number of rotatable bonds is 4. The molecule has 1 rings (SSSR count). The van der Waals surface area contributed by atoms with Gasteiger partial charge >= 0.3 is 5.97 Å². The highest BCUT2D eigenvalue weighted by Gasteiger charge is 2.52. The van der Waals surface area contributed by atoms with Crippen LogP contribution in [0.1, 0.15) is 27.2 Å².